The van der Waals surface area contributed by atoms with E-state index in [-0.39, 0.29) is 0 Å². The molecule has 0 aliphatic rings. The number of rotatable bonds is 0. The topological polar surface area (TPSA) is 77.8 Å². The fourth-order valence-electron chi connectivity index (χ4n) is 0. The maximum atomic E-state index is 8.00. The molecule has 0 aliphatic heterocycles. The third-order valence-electron chi connectivity index (χ3n) is 0. The van der Waals surface area contributed by atoms with Crippen LogP contribution in [0.2, 0.25) is 0 Å². The van der Waals surface area contributed by atoms with Crippen molar-refractivity contribution >= 4 is 14.1 Å². The molecule has 0 saturated carbocycles. The molecule has 36 valence electrons. The summed E-state index contributed by atoms with van der Waals surface area (Å²) in [6.45, 7) is 2.00. The van der Waals surface area contributed by atoms with E-state index in [4.69, 9.17) is 19.9 Å². The Morgan fingerprint density at radius 1 is 1.17 bits per heavy atom. The van der Waals surface area contributed by atoms with Crippen molar-refractivity contribution in [3.8, 4) is 0 Å². The van der Waals surface area contributed by atoms with Crippen LogP contribution in [0.4, 0.5) is 0 Å². The zero-order valence-corrected chi connectivity index (χ0v) is 3.03. The highest BCUT2D eigenvalue weighted by molar-refractivity contribution is 6.30. The Balaban J connectivity index is 0. The van der Waals surface area contributed by atoms with Gasteiger partial charge in [0.1, 0.15) is 6.79 Å². The highest BCUT2D eigenvalue weighted by Gasteiger charge is 1.92. The Morgan fingerprint density at radius 3 is 1.17 bits per heavy atom. The summed E-state index contributed by atoms with van der Waals surface area (Å²) in [6.07, 6.45) is 0. The van der Waals surface area contributed by atoms with Gasteiger partial charge < -0.3 is 19.9 Å². The monoisotopic (exact) mass is 92.0 g/mol. The zero-order valence-electron chi connectivity index (χ0n) is 3.03. The first-order chi connectivity index (χ1) is 2.73. The summed E-state index contributed by atoms with van der Waals surface area (Å²) in [7, 11) is -2.17. The summed E-state index contributed by atoms with van der Waals surface area (Å²) in [4.78, 5) is 8.00. The molecular weight excluding hydrogens is 86.8 g/mol. The Hall–Kier alpha value is -0.385. The van der Waals surface area contributed by atoms with Crippen LogP contribution in [0.25, 0.3) is 0 Å². The lowest BCUT2D eigenvalue weighted by atomic mass is 10.3. The molecule has 0 radical (unpaired) electrons. The van der Waals surface area contributed by atoms with Gasteiger partial charge in [0.25, 0.3) is 0 Å². The Kier molecular flexibility index (Phi) is 13.5. The van der Waals surface area contributed by atoms with Crippen LogP contribution < -0.4 is 0 Å². The molecule has 4 nitrogen and oxygen atoms in total. The first-order valence-corrected chi connectivity index (χ1v) is 1.06. The predicted octanol–water partition coefficient (Wildman–Crippen LogP) is -2.24. The van der Waals surface area contributed by atoms with E-state index in [1.807, 2.05) is 6.79 Å². The van der Waals surface area contributed by atoms with Gasteiger partial charge in [-0.3, -0.25) is 0 Å². The van der Waals surface area contributed by atoms with Crippen molar-refractivity contribution in [1.29, 1.82) is 0 Å². The summed E-state index contributed by atoms with van der Waals surface area (Å²) in [6, 6.07) is 0. The van der Waals surface area contributed by atoms with Crippen LogP contribution >= 0.6 is 0 Å². The van der Waals surface area contributed by atoms with E-state index < -0.39 is 7.32 Å². The van der Waals surface area contributed by atoms with Gasteiger partial charge in [0, 0.05) is 0 Å². The minimum Gasteiger partial charge on any atom is -0.402 e. The third-order valence-corrected chi connectivity index (χ3v) is 0. The first-order valence-electron chi connectivity index (χ1n) is 1.06. The maximum Gasteiger partial charge on any atom is 0.631 e. The second-order valence-corrected chi connectivity index (χ2v) is 0.346. The lowest BCUT2D eigenvalue weighted by Gasteiger charge is -1.69. The summed E-state index contributed by atoms with van der Waals surface area (Å²) in [5.74, 6) is 0. The van der Waals surface area contributed by atoms with Crippen molar-refractivity contribution in [3.63, 3.8) is 0 Å². The van der Waals surface area contributed by atoms with Gasteiger partial charge in [0.15, 0.2) is 0 Å². The lowest BCUT2D eigenvalue weighted by Crippen LogP contribution is -2.07. The second kappa shape index (κ2) is 8.82. The van der Waals surface area contributed by atoms with E-state index in [9.17, 15) is 0 Å². The summed E-state index contributed by atoms with van der Waals surface area (Å²) < 4.78 is 0. The normalized spacial score (nSPS) is 5.17. The molecule has 0 fully saturated rings. The van der Waals surface area contributed by atoms with Crippen LogP contribution in [0.15, 0.2) is 0 Å². The van der Waals surface area contributed by atoms with Crippen LogP contribution in [0.3, 0.4) is 0 Å². The molecule has 0 heterocycles. The highest BCUT2D eigenvalue weighted by atomic mass is 16.5. The van der Waals surface area contributed by atoms with Gasteiger partial charge in [-0.05, 0) is 0 Å². The molecule has 0 spiro atoms. The fourth-order valence-corrected chi connectivity index (χ4v) is 0. The molecule has 0 aromatic rings. The van der Waals surface area contributed by atoms with E-state index in [2.05, 4.69) is 0 Å². The molecule has 0 amide bonds. The second-order valence-electron chi connectivity index (χ2n) is 0.346. The minimum absolute atomic E-state index is 2.00. The summed E-state index contributed by atoms with van der Waals surface area (Å²) in [5.41, 5.74) is 0. The molecule has 3 N–H and O–H groups in total. The quantitative estimate of drug-likeness (QED) is 0.295. The van der Waals surface area contributed by atoms with Gasteiger partial charge in [0.2, 0.25) is 0 Å². The fraction of sp³-hybridized carbons (Fsp3) is 0. The molecule has 0 aromatic heterocycles. The zero-order chi connectivity index (χ0) is 5.58. The van der Waals surface area contributed by atoms with Crippen LogP contribution in [-0.2, 0) is 4.79 Å². The van der Waals surface area contributed by atoms with Gasteiger partial charge in [-0.15, -0.1) is 0 Å². The SMILES string of the molecule is C=O.OB(O)O. The molecule has 5 heteroatoms. The van der Waals surface area contributed by atoms with Crippen molar-refractivity contribution in [3.05, 3.63) is 0 Å². The largest absolute Gasteiger partial charge is 0.631 e. The third kappa shape index (κ3) is 167. The van der Waals surface area contributed by atoms with Crippen molar-refractivity contribution in [1.82, 2.24) is 0 Å². The number of hydrogen-bond donors (Lipinski definition) is 3. The van der Waals surface area contributed by atoms with Crippen LogP contribution in [0.5, 0.6) is 0 Å². The van der Waals surface area contributed by atoms with Crippen molar-refractivity contribution < 1.29 is 19.9 Å². The van der Waals surface area contributed by atoms with E-state index in [1.165, 1.54) is 0 Å². The Bertz CT molecular complexity index is 18.8. The van der Waals surface area contributed by atoms with E-state index in [1.54, 1.807) is 0 Å². The van der Waals surface area contributed by atoms with Gasteiger partial charge >= 0.3 is 7.32 Å². The number of carbonyl (C=O) groups excluding carboxylic acids is 1. The van der Waals surface area contributed by atoms with E-state index in [0.717, 1.165) is 0 Å². The number of carbonyl (C=O) groups is 1. The highest BCUT2D eigenvalue weighted by Crippen LogP contribution is 1.40. The molecule has 0 bridgehead atoms. The molecule has 0 unspecified atom stereocenters. The molecule has 0 atom stereocenters. The van der Waals surface area contributed by atoms with Crippen molar-refractivity contribution in [2.45, 2.75) is 0 Å². The summed E-state index contributed by atoms with van der Waals surface area (Å²) in [5, 5.41) is 21.5. The first kappa shape index (κ1) is 9.15. The van der Waals surface area contributed by atoms with Crippen LogP contribution in [0, 0.1) is 0 Å². The Labute approximate surface area is 35.2 Å². The van der Waals surface area contributed by atoms with Gasteiger partial charge in [-0.2, -0.15) is 0 Å². The average Bonchev–Trinajstić information content (AvgIpc) is 1.41. The van der Waals surface area contributed by atoms with E-state index >= 15 is 0 Å². The summed E-state index contributed by atoms with van der Waals surface area (Å²) >= 11 is 0. The molecular formula is CH5BO4. The Morgan fingerprint density at radius 2 is 1.17 bits per heavy atom. The standard InChI is InChI=1S/CH2O.BH3O3/c1-2;2-1(3)4/h1H2;2-4H. The smallest absolute Gasteiger partial charge is 0.402 e. The van der Waals surface area contributed by atoms with Crippen LogP contribution in [-0.4, -0.2) is 29.2 Å². The van der Waals surface area contributed by atoms with E-state index in [0.29, 0.717) is 0 Å². The predicted molar refractivity (Wildman–Crippen MR) is 19.5 cm³/mol. The van der Waals surface area contributed by atoms with Crippen LogP contribution in [0.1, 0.15) is 0 Å². The lowest BCUT2D eigenvalue weighted by molar-refractivity contribution is -0.0979. The van der Waals surface area contributed by atoms with Gasteiger partial charge in [0.05, 0.1) is 0 Å². The molecule has 0 rings (SSSR count). The molecule has 0 aliphatic carbocycles. The maximum absolute atomic E-state index is 8.00. The molecule has 0 saturated heterocycles. The molecule has 6 heavy (non-hydrogen) atoms. The van der Waals surface area contributed by atoms with Crippen molar-refractivity contribution in [2.75, 3.05) is 0 Å². The minimum atomic E-state index is -2.17. The number of hydrogen-bond acceptors (Lipinski definition) is 4. The van der Waals surface area contributed by atoms with Crippen molar-refractivity contribution in [2.24, 2.45) is 0 Å². The average molecular weight is 91.9 g/mol. The molecule has 0 aromatic carbocycles. The van der Waals surface area contributed by atoms with Gasteiger partial charge in [-0.1, -0.05) is 0 Å². The van der Waals surface area contributed by atoms with Gasteiger partial charge in [-0.25, -0.2) is 0 Å².